The third-order valence-electron chi connectivity index (χ3n) is 3.29. The normalized spacial score (nSPS) is 11.1. The highest BCUT2D eigenvalue weighted by atomic mass is 15.0. The van der Waals surface area contributed by atoms with Gasteiger partial charge >= 0.3 is 0 Å². The lowest BCUT2D eigenvalue weighted by molar-refractivity contribution is 0.588. The Labute approximate surface area is 115 Å². The lowest BCUT2D eigenvalue weighted by Crippen LogP contribution is -2.22. The second-order valence-electron chi connectivity index (χ2n) is 5.21. The van der Waals surface area contributed by atoms with Crippen LogP contribution < -0.4 is 5.32 Å². The van der Waals surface area contributed by atoms with E-state index in [2.05, 4.69) is 60.1 Å². The van der Waals surface area contributed by atoms with E-state index in [4.69, 9.17) is 6.42 Å². The van der Waals surface area contributed by atoms with Gasteiger partial charge in [-0.3, -0.25) is 0 Å². The van der Waals surface area contributed by atoms with Crippen molar-refractivity contribution in [2.45, 2.75) is 45.8 Å². The summed E-state index contributed by atoms with van der Waals surface area (Å²) in [6.07, 6.45) is 9.36. The van der Waals surface area contributed by atoms with E-state index in [1.54, 1.807) is 0 Å². The van der Waals surface area contributed by atoms with Gasteiger partial charge in [-0.15, -0.1) is 12.3 Å². The van der Waals surface area contributed by atoms with Gasteiger partial charge in [-0.1, -0.05) is 32.0 Å². The van der Waals surface area contributed by atoms with Gasteiger partial charge < -0.3 is 9.88 Å². The molecule has 0 spiro atoms. The predicted molar refractivity (Wildman–Crippen MR) is 82.0 cm³/mol. The first-order valence-electron chi connectivity index (χ1n) is 6.96. The second-order valence-corrected chi connectivity index (χ2v) is 5.21. The smallest absolute Gasteiger partial charge is 0.0525 e. The molecule has 0 atom stereocenters. The number of para-hydroxylation sites is 1. The number of unbranched alkanes of at least 4 members (excludes halogenated alkanes) is 1. The van der Waals surface area contributed by atoms with Gasteiger partial charge in [0.05, 0.1) is 5.52 Å². The monoisotopic (exact) mass is 254 g/mol. The van der Waals surface area contributed by atoms with Crippen LogP contribution in [0.5, 0.6) is 0 Å². The summed E-state index contributed by atoms with van der Waals surface area (Å²) >= 11 is 0. The zero-order valence-electron chi connectivity index (χ0n) is 11.8. The fraction of sp³-hybridized carbons (Fsp3) is 0.412. The summed E-state index contributed by atoms with van der Waals surface area (Å²) in [6, 6.07) is 9.19. The molecule has 19 heavy (non-hydrogen) atoms. The van der Waals surface area contributed by atoms with E-state index in [1.165, 1.54) is 16.5 Å². The number of aromatic nitrogens is 1. The summed E-state index contributed by atoms with van der Waals surface area (Å²) in [5.41, 5.74) is 2.70. The number of terminal acetylenes is 1. The van der Waals surface area contributed by atoms with Crippen LogP contribution in [0.3, 0.4) is 0 Å². The summed E-state index contributed by atoms with van der Waals surface area (Å²) in [4.78, 5) is 0. The quantitative estimate of drug-likeness (QED) is 0.616. The molecule has 0 aliphatic heterocycles. The Morgan fingerprint density at radius 3 is 2.89 bits per heavy atom. The SMILES string of the molecule is C#CCCCn1ccc2cccc(CNC(C)C)c21. The number of nitrogens with one attached hydrogen (secondary N) is 1. The summed E-state index contributed by atoms with van der Waals surface area (Å²) in [5.74, 6) is 2.71. The maximum atomic E-state index is 5.32. The zero-order valence-corrected chi connectivity index (χ0v) is 11.8. The Hall–Kier alpha value is -1.72. The van der Waals surface area contributed by atoms with Gasteiger partial charge in [0.1, 0.15) is 0 Å². The zero-order chi connectivity index (χ0) is 13.7. The molecule has 1 aromatic heterocycles. The average molecular weight is 254 g/mol. The molecule has 0 aliphatic rings. The number of nitrogens with zero attached hydrogens (tertiary/aromatic N) is 1. The number of hydrogen-bond donors (Lipinski definition) is 1. The fourth-order valence-corrected chi connectivity index (χ4v) is 2.34. The average Bonchev–Trinajstić information content (AvgIpc) is 2.81. The molecule has 0 bridgehead atoms. The number of benzene rings is 1. The molecule has 2 aromatic rings. The first kappa shape index (κ1) is 13.7. The first-order chi connectivity index (χ1) is 9.22. The molecule has 0 radical (unpaired) electrons. The minimum atomic E-state index is 0.500. The van der Waals surface area contributed by atoms with Crippen LogP contribution in [0.15, 0.2) is 30.5 Å². The number of aryl methyl sites for hydroxylation is 1. The van der Waals surface area contributed by atoms with Crippen LogP contribution in [0.4, 0.5) is 0 Å². The van der Waals surface area contributed by atoms with E-state index in [-0.39, 0.29) is 0 Å². The molecular weight excluding hydrogens is 232 g/mol. The summed E-state index contributed by atoms with van der Waals surface area (Å²) in [6.45, 7) is 6.25. The number of rotatable bonds is 6. The van der Waals surface area contributed by atoms with Gasteiger partial charge in [0, 0.05) is 31.7 Å². The standard InChI is InChI=1S/C17H22N2/c1-4-5-6-11-19-12-10-15-8-7-9-16(17(15)19)13-18-14(2)3/h1,7-10,12,14,18H,5-6,11,13H2,2-3H3. The van der Waals surface area contributed by atoms with Crippen molar-refractivity contribution in [2.75, 3.05) is 0 Å². The fourth-order valence-electron chi connectivity index (χ4n) is 2.34. The third kappa shape index (κ3) is 3.39. The Balaban J connectivity index is 2.25. The molecule has 0 amide bonds. The largest absolute Gasteiger partial charge is 0.347 e. The minimum Gasteiger partial charge on any atom is -0.347 e. The Kier molecular flexibility index (Phi) is 4.65. The van der Waals surface area contributed by atoms with Crippen molar-refractivity contribution in [1.82, 2.24) is 9.88 Å². The van der Waals surface area contributed by atoms with Crippen molar-refractivity contribution in [3.8, 4) is 12.3 Å². The molecule has 2 rings (SSSR count). The van der Waals surface area contributed by atoms with Crippen LogP contribution in [0.25, 0.3) is 10.9 Å². The predicted octanol–water partition coefficient (Wildman–Crippen LogP) is 3.55. The van der Waals surface area contributed by atoms with E-state index in [1.807, 2.05) is 0 Å². The van der Waals surface area contributed by atoms with Gasteiger partial charge in [-0.25, -0.2) is 0 Å². The van der Waals surface area contributed by atoms with Crippen LogP contribution >= 0.6 is 0 Å². The Morgan fingerprint density at radius 2 is 2.16 bits per heavy atom. The Bertz CT molecular complexity index is 572. The highest BCUT2D eigenvalue weighted by molar-refractivity contribution is 5.83. The molecule has 2 nitrogen and oxygen atoms in total. The van der Waals surface area contributed by atoms with Gasteiger partial charge in [0.25, 0.3) is 0 Å². The lowest BCUT2D eigenvalue weighted by atomic mass is 10.1. The molecular formula is C17H22N2. The van der Waals surface area contributed by atoms with Crippen molar-refractivity contribution >= 4 is 10.9 Å². The van der Waals surface area contributed by atoms with Crippen LogP contribution in [0.2, 0.25) is 0 Å². The minimum absolute atomic E-state index is 0.500. The van der Waals surface area contributed by atoms with E-state index in [9.17, 15) is 0 Å². The molecule has 0 saturated carbocycles. The Morgan fingerprint density at radius 1 is 1.32 bits per heavy atom. The van der Waals surface area contributed by atoms with E-state index in [0.29, 0.717) is 6.04 Å². The van der Waals surface area contributed by atoms with Crippen molar-refractivity contribution in [3.63, 3.8) is 0 Å². The molecule has 0 unspecified atom stereocenters. The molecule has 0 fully saturated rings. The highest BCUT2D eigenvalue weighted by Crippen LogP contribution is 2.21. The summed E-state index contributed by atoms with van der Waals surface area (Å²) in [7, 11) is 0. The van der Waals surface area contributed by atoms with Crippen LogP contribution in [-0.4, -0.2) is 10.6 Å². The van der Waals surface area contributed by atoms with Gasteiger partial charge in [0.15, 0.2) is 0 Å². The molecule has 0 saturated heterocycles. The van der Waals surface area contributed by atoms with Gasteiger partial charge in [-0.05, 0) is 23.4 Å². The summed E-state index contributed by atoms with van der Waals surface area (Å²) < 4.78 is 2.32. The van der Waals surface area contributed by atoms with Crippen molar-refractivity contribution in [2.24, 2.45) is 0 Å². The first-order valence-corrected chi connectivity index (χ1v) is 6.96. The number of hydrogen-bond acceptors (Lipinski definition) is 1. The molecule has 1 aromatic carbocycles. The topological polar surface area (TPSA) is 17.0 Å². The molecule has 2 heteroatoms. The maximum Gasteiger partial charge on any atom is 0.0525 e. The van der Waals surface area contributed by atoms with E-state index < -0.39 is 0 Å². The molecule has 1 N–H and O–H groups in total. The van der Waals surface area contributed by atoms with Crippen molar-refractivity contribution in [3.05, 3.63) is 36.0 Å². The lowest BCUT2D eigenvalue weighted by Gasteiger charge is -2.12. The van der Waals surface area contributed by atoms with Crippen LogP contribution in [0, 0.1) is 12.3 Å². The number of fused-ring (bicyclic) bond motifs is 1. The van der Waals surface area contributed by atoms with E-state index in [0.717, 1.165) is 25.9 Å². The maximum absolute atomic E-state index is 5.32. The van der Waals surface area contributed by atoms with Crippen molar-refractivity contribution < 1.29 is 0 Å². The highest BCUT2D eigenvalue weighted by Gasteiger charge is 2.06. The summed E-state index contributed by atoms with van der Waals surface area (Å²) in [5, 5.41) is 4.80. The van der Waals surface area contributed by atoms with E-state index >= 15 is 0 Å². The van der Waals surface area contributed by atoms with Crippen molar-refractivity contribution in [1.29, 1.82) is 0 Å². The molecule has 100 valence electrons. The molecule has 1 heterocycles. The third-order valence-corrected chi connectivity index (χ3v) is 3.29. The van der Waals surface area contributed by atoms with Crippen LogP contribution in [-0.2, 0) is 13.1 Å². The van der Waals surface area contributed by atoms with Gasteiger partial charge in [0.2, 0.25) is 0 Å². The second kappa shape index (κ2) is 6.45. The van der Waals surface area contributed by atoms with Crippen LogP contribution in [0.1, 0.15) is 32.3 Å². The van der Waals surface area contributed by atoms with Gasteiger partial charge in [-0.2, -0.15) is 0 Å². The molecule has 0 aliphatic carbocycles.